The van der Waals surface area contributed by atoms with Crippen LogP contribution in [-0.2, 0) is 6.61 Å². The Morgan fingerprint density at radius 1 is 1.26 bits per heavy atom. The highest BCUT2D eigenvalue weighted by Crippen LogP contribution is 2.34. The number of rotatable bonds is 4. The molecule has 19 heavy (non-hydrogen) atoms. The van der Waals surface area contributed by atoms with Crippen LogP contribution in [0.15, 0.2) is 40.9 Å². The summed E-state index contributed by atoms with van der Waals surface area (Å²) in [7, 11) is 0. The molecule has 0 aromatic heterocycles. The molecule has 98 valence electrons. The van der Waals surface area contributed by atoms with Gasteiger partial charge in [0.25, 0.3) is 0 Å². The molecule has 0 saturated carbocycles. The van der Waals surface area contributed by atoms with Crippen LogP contribution in [0.1, 0.15) is 15.9 Å². The standard InChI is InChI=1S/C14H9BrClIO2/c15-12-5-10(7-18)6-13(16)14(12)19-8-9-1-3-11(17)4-2-9/h1-7H,8H2. The maximum absolute atomic E-state index is 10.7. The molecule has 0 aliphatic carbocycles. The Hall–Kier alpha value is -0.590. The first-order chi connectivity index (χ1) is 9.10. The summed E-state index contributed by atoms with van der Waals surface area (Å²) in [5, 5.41) is 0.419. The molecule has 2 aromatic rings. The van der Waals surface area contributed by atoms with Gasteiger partial charge in [-0.15, -0.1) is 0 Å². The second kappa shape index (κ2) is 6.72. The lowest BCUT2D eigenvalue weighted by Gasteiger charge is -2.10. The second-order valence-electron chi connectivity index (χ2n) is 3.85. The van der Waals surface area contributed by atoms with Gasteiger partial charge in [0.2, 0.25) is 0 Å². The summed E-state index contributed by atoms with van der Waals surface area (Å²) in [4.78, 5) is 10.7. The first kappa shape index (κ1) is 14.8. The quantitative estimate of drug-likeness (QED) is 0.478. The highest BCUT2D eigenvalue weighted by Gasteiger charge is 2.09. The van der Waals surface area contributed by atoms with Crippen molar-refractivity contribution in [2.75, 3.05) is 0 Å². The van der Waals surface area contributed by atoms with Gasteiger partial charge in [-0.3, -0.25) is 4.79 Å². The Morgan fingerprint density at radius 3 is 2.53 bits per heavy atom. The van der Waals surface area contributed by atoms with Gasteiger partial charge in [-0.1, -0.05) is 23.7 Å². The number of hydrogen-bond acceptors (Lipinski definition) is 2. The Morgan fingerprint density at radius 2 is 1.95 bits per heavy atom. The first-order valence-electron chi connectivity index (χ1n) is 5.41. The third-order valence-corrected chi connectivity index (χ3v) is 4.04. The summed E-state index contributed by atoms with van der Waals surface area (Å²) in [5.41, 5.74) is 1.57. The Balaban J connectivity index is 2.15. The van der Waals surface area contributed by atoms with Crippen molar-refractivity contribution in [1.82, 2.24) is 0 Å². The lowest BCUT2D eigenvalue weighted by molar-refractivity contribution is 0.112. The van der Waals surface area contributed by atoms with Crippen molar-refractivity contribution in [2.45, 2.75) is 6.61 Å². The Kier molecular flexibility index (Phi) is 5.24. The third kappa shape index (κ3) is 3.94. The summed E-state index contributed by atoms with van der Waals surface area (Å²) in [6.07, 6.45) is 0.750. The van der Waals surface area contributed by atoms with E-state index < -0.39 is 0 Å². The van der Waals surface area contributed by atoms with E-state index in [9.17, 15) is 4.79 Å². The summed E-state index contributed by atoms with van der Waals surface area (Å²) in [5.74, 6) is 0.547. The third-order valence-electron chi connectivity index (χ3n) is 2.45. The summed E-state index contributed by atoms with van der Waals surface area (Å²) in [6.45, 7) is 0.426. The maximum atomic E-state index is 10.7. The Labute approximate surface area is 138 Å². The largest absolute Gasteiger partial charge is 0.486 e. The molecule has 2 nitrogen and oxygen atoms in total. The maximum Gasteiger partial charge on any atom is 0.152 e. The molecule has 0 N–H and O–H groups in total. The molecule has 0 bridgehead atoms. The summed E-state index contributed by atoms with van der Waals surface area (Å²) in [6, 6.07) is 11.3. The van der Waals surface area contributed by atoms with Crippen LogP contribution < -0.4 is 4.74 Å². The van der Waals surface area contributed by atoms with Gasteiger partial charge < -0.3 is 4.74 Å². The molecule has 0 radical (unpaired) electrons. The van der Waals surface area contributed by atoms with Crippen molar-refractivity contribution in [3.05, 3.63) is 60.6 Å². The van der Waals surface area contributed by atoms with Crippen molar-refractivity contribution < 1.29 is 9.53 Å². The zero-order valence-corrected chi connectivity index (χ0v) is 14.2. The molecular weight excluding hydrogens is 442 g/mol. The lowest BCUT2D eigenvalue weighted by atomic mass is 10.2. The molecule has 0 saturated heterocycles. The van der Waals surface area contributed by atoms with Crippen LogP contribution in [-0.4, -0.2) is 6.29 Å². The van der Waals surface area contributed by atoms with E-state index in [-0.39, 0.29) is 0 Å². The van der Waals surface area contributed by atoms with Crippen LogP contribution in [0.4, 0.5) is 0 Å². The van der Waals surface area contributed by atoms with Crippen molar-refractivity contribution in [1.29, 1.82) is 0 Å². The molecule has 0 atom stereocenters. The fourth-order valence-corrected chi connectivity index (χ4v) is 2.87. The number of carbonyl (C=O) groups excluding carboxylic acids is 1. The fourth-order valence-electron chi connectivity index (χ4n) is 1.52. The number of benzene rings is 2. The van der Waals surface area contributed by atoms with Crippen molar-refractivity contribution in [3.8, 4) is 5.75 Å². The van der Waals surface area contributed by atoms with E-state index in [4.69, 9.17) is 16.3 Å². The normalized spacial score (nSPS) is 10.3. The lowest BCUT2D eigenvalue weighted by Crippen LogP contribution is -1.97. The van der Waals surface area contributed by atoms with Crippen molar-refractivity contribution in [3.63, 3.8) is 0 Å². The Bertz CT molecular complexity index is 576. The topological polar surface area (TPSA) is 26.3 Å². The minimum atomic E-state index is 0.419. The smallest absolute Gasteiger partial charge is 0.152 e. The molecule has 0 aliphatic rings. The zero-order chi connectivity index (χ0) is 13.8. The molecule has 0 spiro atoms. The van der Waals surface area contributed by atoms with E-state index in [2.05, 4.69) is 38.5 Å². The minimum Gasteiger partial charge on any atom is -0.486 e. The average Bonchev–Trinajstić information content (AvgIpc) is 2.39. The van der Waals surface area contributed by atoms with Crippen LogP contribution in [0.2, 0.25) is 5.02 Å². The molecule has 5 heteroatoms. The SMILES string of the molecule is O=Cc1cc(Cl)c(OCc2ccc(I)cc2)c(Br)c1. The number of hydrogen-bond donors (Lipinski definition) is 0. The molecule has 2 rings (SSSR count). The van der Waals surface area contributed by atoms with E-state index in [1.165, 1.54) is 3.57 Å². The van der Waals surface area contributed by atoms with Crippen LogP contribution in [0.5, 0.6) is 5.75 Å². The fraction of sp³-hybridized carbons (Fsp3) is 0.0714. The summed E-state index contributed by atoms with van der Waals surface area (Å²) < 4.78 is 7.55. The molecule has 0 unspecified atom stereocenters. The highest BCUT2D eigenvalue weighted by atomic mass is 127. The molecule has 0 amide bonds. The zero-order valence-electron chi connectivity index (χ0n) is 9.70. The van der Waals surface area contributed by atoms with E-state index in [0.717, 1.165) is 11.8 Å². The molecule has 2 aromatic carbocycles. The van der Waals surface area contributed by atoms with Crippen LogP contribution in [0.25, 0.3) is 0 Å². The molecular formula is C14H9BrClIO2. The van der Waals surface area contributed by atoms with Gasteiger partial charge in [-0.05, 0) is 68.3 Å². The van der Waals surface area contributed by atoms with E-state index in [1.807, 2.05) is 24.3 Å². The van der Waals surface area contributed by atoms with Gasteiger partial charge in [0.05, 0.1) is 9.50 Å². The molecule has 0 fully saturated rings. The van der Waals surface area contributed by atoms with Gasteiger partial charge in [0, 0.05) is 9.13 Å². The first-order valence-corrected chi connectivity index (χ1v) is 7.66. The number of aldehydes is 1. The van der Waals surface area contributed by atoms with Crippen molar-refractivity contribution >= 4 is 56.4 Å². The van der Waals surface area contributed by atoms with Crippen LogP contribution in [0.3, 0.4) is 0 Å². The average molecular weight is 451 g/mol. The number of halogens is 3. The molecule has 0 aliphatic heterocycles. The van der Waals surface area contributed by atoms with E-state index >= 15 is 0 Å². The van der Waals surface area contributed by atoms with Gasteiger partial charge in [0.1, 0.15) is 12.9 Å². The predicted octanol–water partition coefficient (Wildman–Crippen LogP) is 5.10. The highest BCUT2D eigenvalue weighted by molar-refractivity contribution is 14.1. The van der Waals surface area contributed by atoms with Crippen molar-refractivity contribution in [2.24, 2.45) is 0 Å². The van der Waals surface area contributed by atoms with Gasteiger partial charge >= 0.3 is 0 Å². The second-order valence-corrected chi connectivity index (χ2v) is 6.35. The monoisotopic (exact) mass is 450 g/mol. The van der Waals surface area contributed by atoms with E-state index in [1.54, 1.807) is 12.1 Å². The van der Waals surface area contributed by atoms with E-state index in [0.29, 0.717) is 27.4 Å². The number of ether oxygens (including phenoxy) is 1. The predicted molar refractivity (Wildman–Crippen MR) is 88.0 cm³/mol. The minimum absolute atomic E-state index is 0.419. The number of carbonyl (C=O) groups is 1. The van der Waals surface area contributed by atoms with Gasteiger partial charge in [0.15, 0.2) is 5.75 Å². The van der Waals surface area contributed by atoms with Gasteiger partial charge in [-0.2, -0.15) is 0 Å². The summed E-state index contributed by atoms with van der Waals surface area (Å²) >= 11 is 11.7. The molecule has 0 heterocycles. The van der Waals surface area contributed by atoms with Gasteiger partial charge in [-0.25, -0.2) is 0 Å². The van der Waals surface area contributed by atoms with Crippen LogP contribution in [0, 0.1) is 3.57 Å². The van der Waals surface area contributed by atoms with Crippen LogP contribution >= 0.6 is 50.1 Å².